The maximum Gasteiger partial charge on any atom is 0.338 e. The van der Waals surface area contributed by atoms with E-state index < -0.39 is 12.0 Å². The summed E-state index contributed by atoms with van der Waals surface area (Å²) in [5.74, 6) is -0.241. The van der Waals surface area contributed by atoms with Gasteiger partial charge in [-0.15, -0.1) is 0 Å². The van der Waals surface area contributed by atoms with Crippen LogP contribution in [0.15, 0.2) is 29.5 Å². The molecule has 34 heavy (non-hydrogen) atoms. The Morgan fingerprint density at radius 2 is 1.85 bits per heavy atom. The molecule has 1 saturated heterocycles. The number of benzene rings is 1. The summed E-state index contributed by atoms with van der Waals surface area (Å²) in [6.45, 7) is 13.6. The third-order valence-corrected chi connectivity index (χ3v) is 6.61. The topological polar surface area (TPSA) is 82.2 Å². The van der Waals surface area contributed by atoms with Gasteiger partial charge in [0.05, 0.1) is 18.2 Å². The number of carbonyl (C=O) groups excluding carboxylic acids is 3. The third-order valence-electron chi connectivity index (χ3n) is 6.61. The van der Waals surface area contributed by atoms with Crippen molar-refractivity contribution in [3.8, 4) is 0 Å². The molecule has 0 spiro atoms. The molecule has 1 N–H and O–H groups in total. The molecule has 2 aliphatic rings. The third kappa shape index (κ3) is 5.60. The first-order valence-corrected chi connectivity index (χ1v) is 12.4. The van der Waals surface area contributed by atoms with Crippen molar-refractivity contribution in [1.29, 1.82) is 0 Å². The number of ether oxygens (including phenoxy) is 1. The standard InChI is InChI=1S/C26H38N4O4/c1-6-22(31)29-13-9-12-28(14-15-29)17-21-23(25(32)34-8-3)24(27-26(33)30(21)7-2)20-16-18(4)10-11-19(20)5/h10-11,16,24H,6-9,12-15,17H2,1-5H3,(H,27,33)/t24-/m1/s1. The first-order chi connectivity index (χ1) is 16.3. The van der Waals surface area contributed by atoms with Crippen LogP contribution in [-0.2, 0) is 14.3 Å². The Morgan fingerprint density at radius 3 is 2.53 bits per heavy atom. The lowest BCUT2D eigenvalue weighted by Gasteiger charge is -2.38. The fraction of sp³-hybridized carbons (Fsp3) is 0.577. The van der Waals surface area contributed by atoms with Crippen LogP contribution in [0.2, 0.25) is 0 Å². The Bertz CT molecular complexity index is 958. The van der Waals surface area contributed by atoms with E-state index in [4.69, 9.17) is 4.74 Å². The van der Waals surface area contributed by atoms with Crippen molar-refractivity contribution in [2.75, 3.05) is 45.9 Å². The SMILES string of the molecule is CCOC(=O)C1=C(CN2CCCN(C(=O)CC)CC2)N(CC)C(=O)N[C@@H]1c1cc(C)ccc1C. The van der Waals surface area contributed by atoms with Crippen LogP contribution in [0.5, 0.6) is 0 Å². The van der Waals surface area contributed by atoms with Crippen molar-refractivity contribution in [3.05, 3.63) is 46.2 Å². The van der Waals surface area contributed by atoms with Crippen LogP contribution >= 0.6 is 0 Å². The normalized spacial score (nSPS) is 19.7. The first kappa shape index (κ1) is 25.7. The van der Waals surface area contributed by atoms with E-state index in [9.17, 15) is 14.4 Å². The van der Waals surface area contributed by atoms with Crippen LogP contribution in [0.1, 0.15) is 56.3 Å². The second-order valence-corrected chi connectivity index (χ2v) is 8.93. The van der Waals surface area contributed by atoms with E-state index in [1.54, 1.807) is 11.8 Å². The maximum atomic E-state index is 13.3. The van der Waals surface area contributed by atoms with Gasteiger partial charge in [-0.25, -0.2) is 9.59 Å². The fourth-order valence-corrected chi connectivity index (χ4v) is 4.78. The number of hydrogen-bond donors (Lipinski definition) is 1. The largest absolute Gasteiger partial charge is 0.463 e. The quantitative estimate of drug-likeness (QED) is 0.619. The minimum atomic E-state index is -0.575. The molecular formula is C26H38N4O4. The van der Waals surface area contributed by atoms with Gasteiger partial charge in [0.15, 0.2) is 0 Å². The Balaban J connectivity index is 2.03. The lowest BCUT2D eigenvalue weighted by atomic mass is 9.90. The molecule has 8 nitrogen and oxygen atoms in total. The van der Waals surface area contributed by atoms with E-state index in [1.807, 2.05) is 50.8 Å². The average Bonchev–Trinajstić information content (AvgIpc) is 3.05. The van der Waals surface area contributed by atoms with Gasteiger partial charge < -0.3 is 15.0 Å². The molecule has 0 unspecified atom stereocenters. The van der Waals surface area contributed by atoms with Crippen molar-refractivity contribution >= 4 is 17.9 Å². The zero-order chi connectivity index (χ0) is 24.8. The number of hydrogen-bond acceptors (Lipinski definition) is 5. The summed E-state index contributed by atoms with van der Waals surface area (Å²) in [5, 5.41) is 3.06. The maximum absolute atomic E-state index is 13.3. The summed E-state index contributed by atoms with van der Waals surface area (Å²) in [4.78, 5) is 44.5. The van der Waals surface area contributed by atoms with Crippen molar-refractivity contribution < 1.29 is 19.1 Å². The zero-order valence-corrected chi connectivity index (χ0v) is 21.1. The van der Waals surface area contributed by atoms with Gasteiger partial charge in [-0.3, -0.25) is 14.6 Å². The lowest BCUT2D eigenvalue weighted by molar-refractivity contribution is -0.139. The van der Waals surface area contributed by atoms with Crippen molar-refractivity contribution in [2.24, 2.45) is 0 Å². The summed E-state index contributed by atoms with van der Waals surface area (Å²) in [6.07, 6.45) is 1.35. The number of nitrogens with one attached hydrogen (secondary N) is 1. The Labute approximate surface area is 202 Å². The van der Waals surface area contributed by atoms with Gasteiger partial charge in [0, 0.05) is 51.4 Å². The van der Waals surface area contributed by atoms with Crippen LogP contribution in [0.3, 0.4) is 0 Å². The molecule has 3 amide bonds. The monoisotopic (exact) mass is 470 g/mol. The molecule has 1 aromatic carbocycles. The van der Waals surface area contributed by atoms with Crippen molar-refractivity contribution in [1.82, 2.24) is 20.0 Å². The molecule has 0 aliphatic carbocycles. The Morgan fingerprint density at radius 1 is 1.09 bits per heavy atom. The Kier molecular flexibility index (Phi) is 8.72. The molecular weight excluding hydrogens is 432 g/mol. The number of urea groups is 1. The van der Waals surface area contributed by atoms with Crippen LogP contribution in [0.25, 0.3) is 0 Å². The number of carbonyl (C=O) groups is 3. The summed E-state index contributed by atoms with van der Waals surface area (Å²) < 4.78 is 5.49. The van der Waals surface area contributed by atoms with E-state index in [-0.39, 0.29) is 18.5 Å². The van der Waals surface area contributed by atoms with Gasteiger partial charge in [0.25, 0.3) is 0 Å². The highest BCUT2D eigenvalue weighted by molar-refractivity contribution is 5.95. The average molecular weight is 471 g/mol. The molecule has 0 aromatic heterocycles. The number of aryl methyl sites for hydroxylation is 2. The second kappa shape index (κ2) is 11.5. The fourth-order valence-electron chi connectivity index (χ4n) is 4.78. The molecule has 1 atom stereocenters. The molecule has 2 heterocycles. The van der Waals surface area contributed by atoms with Crippen LogP contribution in [0, 0.1) is 13.8 Å². The van der Waals surface area contributed by atoms with E-state index in [2.05, 4.69) is 10.2 Å². The van der Waals surface area contributed by atoms with E-state index in [0.29, 0.717) is 43.9 Å². The minimum Gasteiger partial charge on any atom is -0.463 e. The zero-order valence-electron chi connectivity index (χ0n) is 21.1. The van der Waals surface area contributed by atoms with E-state index in [1.165, 1.54) is 0 Å². The second-order valence-electron chi connectivity index (χ2n) is 8.93. The smallest absolute Gasteiger partial charge is 0.338 e. The summed E-state index contributed by atoms with van der Waals surface area (Å²) in [7, 11) is 0. The van der Waals surface area contributed by atoms with Gasteiger partial charge in [-0.05, 0) is 45.2 Å². The molecule has 0 radical (unpaired) electrons. The van der Waals surface area contributed by atoms with Crippen LogP contribution in [0.4, 0.5) is 4.79 Å². The van der Waals surface area contributed by atoms with Crippen LogP contribution < -0.4 is 5.32 Å². The van der Waals surface area contributed by atoms with E-state index >= 15 is 0 Å². The number of nitrogens with zero attached hydrogens (tertiary/aromatic N) is 3. The highest BCUT2D eigenvalue weighted by Gasteiger charge is 2.39. The molecule has 3 rings (SSSR count). The highest BCUT2D eigenvalue weighted by Crippen LogP contribution is 2.34. The van der Waals surface area contributed by atoms with Crippen molar-refractivity contribution in [2.45, 2.75) is 53.5 Å². The van der Waals surface area contributed by atoms with Gasteiger partial charge in [-0.1, -0.05) is 30.7 Å². The molecule has 8 heteroatoms. The van der Waals surface area contributed by atoms with Crippen molar-refractivity contribution in [3.63, 3.8) is 0 Å². The number of amides is 3. The predicted octanol–water partition coefficient (Wildman–Crippen LogP) is 3.15. The predicted molar refractivity (Wildman–Crippen MR) is 131 cm³/mol. The van der Waals surface area contributed by atoms with Gasteiger partial charge in [0.2, 0.25) is 5.91 Å². The summed E-state index contributed by atoms with van der Waals surface area (Å²) in [6, 6.07) is 5.28. The number of likely N-dealkylation sites (N-methyl/N-ethyl adjacent to an activating group) is 1. The van der Waals surface area contributed by atoms with Gasteiger partial charge in [0.1, 0.15) is 0 Å². The van der Waals surface area contributed by atoms with Gasteiger partial charge >= 0.3 is 12.0 Å². The van der Waals surface area contributed by atoms with Gasteiger partial charge in [-0.2, -0.15) is 0 Å². The Hall–Kier alpha value is -2.87. The first-order valence-electron chi connectivity index (χ1n) is 12.4. The lowest BCUT2D eigenvalue weighted by Crippen LogP contribution is -2.51. The number of esters is 1. The molecule has 0 bridgehead atoms. The van der Waals surface area contributed by atoms with E-state index in [0.717, 1.165) is 36.2 Å². The molecule has 1 aromatic rings. The molecule has 1 fully saturated rings. The van der Waals surface area contributed by atoms with Crippen LogP contribution in [-0.4, -0.2) is 78.5 Å². The number of rotatable bonds is 7. The molecule has 186 valence electrons. The summed E-state index contributed by atoms with van der Waals surface area (Å²) >= 11 is 0. The highest BCUT2D eigenvalue weighted by atomic mass is 16.5. The molecule has 0 saturated carbocycles. The minimum absolute atomic E-state index is 0.162. The molecule has 2 aliphatic heterocycles. The summed E-state index contributed by atoms with van der Waals surface area (Å²) in [5.41, 5.74) is 4.14.